The molecule has 1 heterocycles. The van der Waals surface area contributed by atoms with Crippen molar-refractivity contribution in [3.63, 3.8) is 0 Å². The maximum Gasteiger partial charge on any atom is 0.393 e. The number of alkyl halides is 3. The Morgan fingerprint density at radius 3 is 2.27 bits per heavy atom. The van der Waals surface area contributed by atoms with Crippen LogP contribution in [0.4, 0.5) is 13.2 Å². The van der Waals surface area contributed by atoms with Crippen molar-refractivity contribution in [1.82, 2.24) is 14.9 Å². The number of carbonyl (C=O) groups is 2. The highest BCUT2D eigenvalue weighted by Crippen LogP contribution is 2.33. The van der Waals surface area contributed by atoms with E-state index in [0.29, 0.717) is 0 Å². The molecule has 2 amide bonds. The van der Waals surface area contributed by atoms with Crippen LogP contribution in [0.3, 0.4) is 0 Å². The monoisotopic (exact) mass is 449 g/mol. The van der Waals surface area contributed by atoms with Crippen LogP contribution in [0.25, 0.3) is 0 Å². The Hall–Kier alpha value is -2.14. The Bertz CT molecular complexity index is 878. The van der Waals surface area contributed by atoms with Gasteiger partial charge in [-0.25, -0.2) is 13.1 Å². The van der Waals surface area contributed by atoms with Crippen molar-refractivity contribution >= 4 is 21.8 Å². The second-order valence-corrected chi connectivity index (χ2v) is 9.97. The first kappa shape index (κ1) is 24.1. The molecule has 0 aromatic heterocycles. The van der Waals surface area contributed by atoms with Crippen LogP contribution in [0.1, 0.15) is 44.0 Å². The van der Waals surface area contributed by atoms with E-state index in [1.165, 1.54) is 24.3 Å². The lowest BCUT2D eigenvalue weighted by molar-refractivity contribution is -0.187. The van der Waals surface area contributed by atoms with Crippen molar-refractivity contribution < 1.29 is 31.2 Å². The summed E-state index contributed by atoms with van der Waals surface area (Å²) in [4.78, 5) is 25.5. The number of hydrogen-bond donors (Lipinski definition) is 2. The molecule has 1 aliphatic rings. The van der Waals surface area contributed by atoms with Crippen LogP contribution in [-0.2, 0) is 14.8 Å². The lowest BCUT2D eigenvalue weighted by Gasteiger charge is -2.33. The molecule has 2 N–H and O–H groups in total. The zero-order valence-electron chi connectivity index (χ0n) is 17.0. The molecule has 7 nitrogen and oxygen atoms in total. The van der Waals surface area contributed by atoms with Gasteiger partial charge in [-0.15, -0.1) is 0 Å². The van der Waals surface area contributed by atoms with Gasteiger partial charge >= 0.3 is 6.18 Å². The molecular formula is C19H26F3N3O4S. The van der Waals surface area contributed by atoms with E-state index in [0.717, 1.165) is 4.90 Å². The first-order valence-corrected chi connectivity index (χ1v) is 10.9. The normalized spacial score (nSPS) is 18.2. The summed E-state index contributed by atoms with van der Waals surface area (Å²) >= 11 is 0. The summed E-state index contributed by atoms with van der Waals surface area (Å²) in [7, 11) is -3.75. The molecule has 1 atom stereocenters. The van der Waals surface area contributed by atoms with E-state index >= 15 is 0 Å². The Balaban J connectivity index is 1.94. The van der Waals surface area contributed by atoms with Crippen LogP contribution < -0.4 is 10.0 Å². The zero-order chi connectivity index (χ0) is 22.7. The molecule has 1 aromatic rings. The molecule has 1 aliphatic heterocycles. The van der Waals surface area contributed by atoms with Gasteiger partial charge in [0.25, 0.3) is 5.91 Å². The van der Waals surface area contributed by atoms with Crippen LogP contribution in [0, 0.1) is 5.92 Å². The van der Waals surface area contributed by atoms with Crippen LogP contribution in [-0.4, -0.2) is 56.5 Å². The van der Waals surface area contributed by atoms with Crippen LogP contribution in [0.15, 0.2) is 29.2 Å². The topological polar surface area (TPSA) is 95.6 Å². The molecule has 168 valence electrons. The number of likely N-dealkylation sites (tertiary alicyclic amines) is 1. The Morgan fingerprint density at radius 2 is 1.73 bits per heavy atom. The molecule has 1 unspecified atom stereocenters. The molecule has 2 rings (SSSR count). The minimum Gasteiger partial charge on any atom is -0.343 e. The van der Waals surface area contributed by atoms with Gasteiger partial charge in [0.1, 0.15) is 0 Å². The lowest BCUT2D eigenvalue weighted by atomic mass is 9.97. The number of carbonyl (C=O) groups excluding carboxylic acids is 2. The number of nitrogens with one attached hydrogen (secondary N) is 2. The molecule has 1 saturated heterocycles. The van der Waals surface area contributed by atoms with Crippen molar-refractivity contribution in [2.45, 2.75) is 50.2 Å². The highest BCUT2D eigenvalue weighted by molar-refractivity contribution is 7.89. The summed E-state index contributed by atoms with van der Waals surface area (Å²) in [6.45, 7) is 4.46. The van der Waals surface area contributed by atoms with Crippen LogP contribution in [0.2, 0.25) is 0 Å². The molecule has 1 fully saturated rings. The minimum atomic E-state index is -4.36. The maximum absolute atomic E-state index is 12.9. The standard InChI is InChI=1S/C19H26F3N3O4S/c1-18(2,3)24-30(28,29)15-8-6-13(7-9-15)17(27)23-11-16(26)25-10-4-5-14(12-25)19(20,21)22/h6-9,14,24H,4-5,10-12H2,1-3H3,(H,23,27). The third-order valence-corrected chi connectivity index (χ3v) is 6.28. The summed E-state index contributed by atoms with van der Waals surface area (Å²) < 4.78 is 65.6. The van der Waals surface area contributed by atoms with Gasteiger partial charge in [-0.05, 0) is 57.9 Å². The Morgan fingerprint density at radius 1 is 1.13 bits per heavy atom. The number of halogens is 3. The van der Waals surface area contributed by atoms with E-state index in [4.69, 9.17) is 0 Å². The van der Waals surface area contributed by atoms with Crippen molar-refractivity contribution in [1.29, 1.82) is 0 Å². The van der Waals surface area contributed by atoms with Gasteiger partial charge in [0.05, 0.1) is 17.4 Å². The number of amides is 2. The van der Waals surface area contributed by atoms with E-state index in [9.17, 15) is 31.2 Å². The fraction of sp³-hybridized carbons (Fsp3) is 0.579. The van der Waals surface area contributed by atoms with Crippen molar-refractivity contribution in [2.75, 3.05) is 19.6 Å². The third kappa shape index (κ3) is 6.69. The average molecular weight is 449 g/mol. The number of rotatable bonds is 5. The smallest absolute Gasteiger partial charge is 0.343 e. The minimum absolute atomic E-state index is 0.0149. The number of nitrogens with zero attached hydrogens (tertiary/aromatic N) is 1. The van der Waals surface area contributed by atoms with Crippen molar-refractivity contribution in [3.8, 4) is 0 Å². The van der Waals surface area contributed by atoms with Crippen LogP contribution >= 0.6 is 0 Å². The average Bonchev–Trinajstić information content (AvgIpc) is 2.63. The van der Waals surface area contributed by atoms with Gasteiger partial charge in [-0.3, -0.25) is 9.59 Å². The molecule has 1 aromatic carbocycles. The zero-order valence-corrected chi connectivity index (χ0v) is 17.9. The quantitative estimate of drug-likeness (QED) is 0.721. The molecule has 30 heavy (non-hydrogen) atoms. The number of piperidine rings is 1. The fourth-order valence-electron chi connectivity index (χ4n) is 3.09. The second-order valence-electron chi connectivity index (χ2n) is 8.28. The van der Waals surface area contributed by atoms with Crippen LogP contribution in [0.5, 0.6) is 0 Å². The van der Waals surface area contributed by atoms with Gasteiger partial charge in [-0.2, -0.15) is 13.2 Å². The second kappa shape index (κ2) is 8.93. The number of hydrogen-bond acceptors (Lipinski definition) is 4. The number of sulfonamides is 1. The third-order valence-electron chi connectivity index (χ3n) is 4.50. The Kier molecular flexibility index (Phi) is 7.18. The van der Waals surface area contributed by atoms with Gasteiger partial charge < -0.3 is 10.2 Å². The number of benzene rings is 1. The largest absolute Gasteiger partial charge is 0.393 e. The van der Waals surface area contributed by atoms with Crippen molar-refractivity contribution in [2.24, 2.45) is 5.92 Å². The van der Waals surface area contributed by atoms with Crippen molar-refractivity contribution in [3.05, 3.63) is 29.8 Å². The van der Waals surface area contributed by atoms with E-state index in [1.807, 2.05) is 0 Å². The predicted molar refractivity (Wildman–Crippen MR) is 104 cm³/mol. The first-order chi connectivity index (χ1) is 13.7. The van der Waals surface area contributed by atoms with E-state index in [-0.39, 0.29) is 29.8 Å². The molecule has 11 heteroatoms. The highest BCUT2D eigenvalue weighted by Gasteiger charge is 2.42. The van der Waals surface area contributed by atoms with E-state index < -0.39 is 52.6 Å². The molecule has 0 bridgehead atoms. The van der Waals surface area contributed by atoms with Gasteiger partial charge in [0, 0.05) is 24.2 Å². The molecule has 0 saturated carbocycles. The molecule has 0 aliphatic carbocycles. The summed E-state index contributed by atoms with van der Waals surface area (Å²) in [6.07, 6.45) is -4.12. The predicted octanol–water partition coefficient (Wildman–Crippen LogP) is 2.29. The molecular weight excluding hydrogens is 423 g/mol. The van der Waals surface area contributed by atoms with Gasteiger partial charge in [-0.1, -0.05) is 0 Å². The fourth-order valence-corrected chi connectivity index (χ4v) is 4.51. The maximum atomic E-state index is 12.9. The summed E-state index contributed by atoms with van der Waals surface area (Å²) in [5.74, 6) is -2.77. The van der Waals surface area contributed by atoms with E-state index in [1.54, 1.807) is 20.8 Å². The lowest BCUT2D eigenvalue weighted by Crippen LogP contribution is -2.48. The Labute approximate surface area is 174 Å². The summed E-state index contributed by atoms with van der Waals surface area (Å²) in [5, 5.41) is 2.37. The molecule has 0 spiro atoms. The van der Waals surface area contributed by atoms with Gasteiger partial charge in [0.15, 0.2) is 0 Å². The SMILES string of the molecule is CC(C)(C)NS(=O)(=O)c1ccc(C(=O)NCC(=O)N2CCCC(C(F)(F)F)C2)cc1. The summed E-state index contributed by atoms with van der Waals surface area (Å²) in [6, 6.07) is 5.14. The highest BCUT2D eigenvalue weighted by atomic mass is 32.2. The molecule has 0 radical (unpaired) electrons. The van der Waals surface area contributed by atoms with Gasteiger partial charge in [0.2, 0.25) is 15.9 Å². The summed E-state index contributed by atoms with van der Waals surface area (Å²) in [5.41, 5.74) is -0.543. The van der Waals surface area contributed by atoms with E-state index in [2.05, 4.69) is 10.0 Å². The first-order valence-electron chi connectivity index (χ1n) is 9.46.